The van der Waals surface area contributed by atoms with E-state index in [0.29, 0.717) is 24.6 Å². The number of hydrogen-bond acceptors (Lipinski definition) is 5. The van der Waals surface area contributed by atoms with Crippen molar-refractivity contribution in [2.45, 2.75) is 6.92 Å². The number of pyridine rings is 1. The molecule has 0 unspecified atom stereocenters. The second-order valence-electron chi connectivity index (χ2n) is 3.77. The molecule has 5 nitrogen and oxygen atoms in total. The van der Waals surface area contributed by atoms with E-state index in [9.17, 15) is 0 Å². The molecule has 5 heteroatoms. The highest BCUT2D eigenvalue weighted by Gasteiger charge is 2.15. The molecule has 0 aromatic carbocycles. The third kappa shape index (κ3) is 1.92. The number of hydrogen-bond donors (Lipinski definition) is 1. The summed E-state index contributed by atoms with van der Waals surface area (Å²) in [6, 6.07) is 3.97. The van der Waals surface area contributed by atoms with Gasteiger partial charge < -0.3 is 15.4 Å². The second kappa shape index (κ2) is 4.37. The zero-order valence-corrected chi connectivity index (χ0v) is 9.23. The van der Waals surface area contributed by atoms with E-state index in [-0.39, 0.29) is 0 Å². The van der Waals surface area contributed by atoms with Crippen LogP contribution in [-0.2, 0) is 4.74 Å². The first-order valence-electron chi connectivity index (χ1n) is 5.22. The van der Waals surface area contributed by atoms with Gasteiger partial charge in [-0.15, -0.1) is 0 Å². The number of rotatable bonds is 1. The number of nitrogens with zero attached hydrogens (tertiary/aromatic N) is 3. The first-order valence-corrected chi connectivity index (χ1v) is 5.22. The van der Waals surface area contributed by atoms with Crippen LogP contribution in [0.4, 0.5) is 11.6 Å². The molecule has 84 valence electrons. The highest BCUT2D eigenvalue weighted by molar-refractivity contribution is 5.59. The van der Waals surface area contributed by atoms with Gasteiger partial charge in [-0.05, 0) is 18.6 Å². The lowest BCUT2D eigenvalue weighted by atomic mass is 10.1. The zero-order chi connectivity index (χ0) is 11.5. The van der Waals surface area contributed by atoms with Crippen molar-refractivity contribution in [1.29, 1.82) is 5.26 Å². The average Bonchev–Trinajstić information content (AvgIpc) is 2.30. The highest BCUT2D eigenvalue weighted by Crippen LogP contribution is 2.21. The third-order valence-corrected chi connectivity index (χ3v) is 2.68. The van der Waals surface area contributed by atoms with E-state index in [1.165, 1.54) is 0 Å². The van der Waals surface area contributed by atoms with Crippen LogP contribution in [0.2, 0.25) is 0 Å². The number of aryl methyl sites for hydroxylation is 1. The molecule has 0 bridgehead atoms. The molecule has 1 saturated heterocycles. The van der Waals surface area contributed by atoms with E-state index in [1.54, 1.807) is 0 Å². The largest absolute Gasteiger partial charge is 0.383 e. The Morgan fingerprint density at radius 2 is 2.19 bits per heavy atom. The predicted octanol–water partition coefficient (Wildman–Crippen LogP) is 0.681. The Bertz CT molecular complexity index is 409. The molecule has 0 spiro atoms. The molecule has 2 rings (SSSR count). The molecule has 0 amide bonds. The number of nitrogens with two attached hydrogens (primary N) is 1. The van der Waals surface area contributed by atoms with Gasteiger partial charge >= 0.3 is 0 Å². The molecule has 1 aliphatic rings. The van der Waals surface area contributed by atoms with Crippen LogP contribution in [0.1, 0.15) is 11.1 Å². The number of aromatic nitrogens is 1. The first-order chi connectivity index (χ1) is 7.72. The molecule has 16 heavy (non-hydrogen) atoms. The fourth-order valence-corrected chi connectivity index (χ4v) is 1.78. The van der Waals surface area contributed by atoms with E-state index in [0.717, 1.165) is 24.5 Å². The van der Waals surface area contributed by atoms with Crippen LogP contribution in [0.25, 0.3) is 0 Å². The fourth-order valence-electron chi connectivity index (χ4n) is 1.78. The summed E-state index contributed by atoms with van der Waals surface area (Å²) >= 11 is 0. The van der Waals surface area contributed by atoms with Gasteiger partial charge in [-0.2, -0.15) is 5.26 Å². The van der Waals surface area contributed by atoms with Gasteiger partial charge in [0.1, 0.15) is 17.7 Å². The van der Waals surface area contributed by atoms with E-state index in [2.05, 4.69) is 16.0 Å². The number of nitrogen functional groups attached to an aromatic ring is 1. The van der Waals surface area contributed by atoms with Crippen molar-refractivity contribution in [2.24, 2.45) is 0 Å². The van der Waals surface area contributed by atoms with Crippen LogP contribution < -0.4 is 10.6 Å². The number of nitriles is 1. The van der Waals surface area contributed by atoms with E-state index >= 15 is 0 Å². The standard InChI is InChI=1S/C11H14N4O/c1-8-6-10(14-11(13)9(8)7-12)15-2-4-16-5-3-15/h6H,2-5H2,1H3,(H2,13,14). The minimum Gasteiger partial charge on any atom is -0.383 e. The van der Waals surface area contributed by atoms with Crippen LogP contribution in [-0.4, -0.2) is 31.3 Å². The quantitative estimate of drug-likeness (QED) is 0.750. The summed E-state index contributed by atoms with van der Waals surface area (Å²) in [5, 5.41) is 8.90. The summed E-state index contributed by atoms with van der Waals surface area (Å²) in [4.78, 5) is 6.37. The Morgan fingerprint density at radius 3 is 2.75 bits per heavy atom. The molecule has 0 atom stereocenters. The smallest absolute Gasteiger partial charge is 0.144 e. The van der Waals surface area contributed by atoms with Crippen molar-refractivity contribution in [3.8, 4) is 6.07 Å². The number of anilines is 2. The Kier molecular flexibility index (Phi) is 2.93. The summed E-state index contributed by atoms with van der Waals surface area (Å²) < 4.78 is 5.27. The van der Waals surface area contributed by atoms with Gasteiger partial charge in [0.25, 0.3) is 0 Å². The minimum atomic E-state index is 0.309. The Hall–Kier alpha value is -1.80. The molecule has 1 aromatic heterocycles. The lowest BCUT2D eigenvalue weighted by molar-refractivity contribution is 0.122. The summed E-state index contributed by atoms with van der Waals surface area (Å²) in [7, 11) is 0. The van der Waals surface area contributed by atoms with Crippen molar-refractivity contribution >= 4 is 11.6 Å². The summed E-state index contributed by atoms with van der Waals surface area (Å²) in [6.45, 7) is 4.93. The van der Waals surface area contributed by atoms with Gasteiger partial charge in [0.05, 0.1) is 18.8 Å². The van der Waals surface area contributed by atoms with E-state index < -0.39 is 0 Å². The molecule has 1 aliphatic heterocycles. The summed E-state index contributed by atoms with van der Waals surface area (Å²) in [6.07, 6.45) is 0. The van der Waals surface area contributed by atoms with Crippen LogP contribution in [0.15, 0.2) is 6.07 Å². The maximum Gasteiger partial charge on any atom is 0.144 e. The summed E-state index contributed by atoms with van der Waals surface area (Å²) in [5.41, 5.74) is 7.09. The van der Waals surface area contributed by atoms with Gasteiger partial charge in [0.2, 0.25) is 0 Å². The van der Waals surface area contributed by atoms with Crippen molar-refractivity contribution in [3.63, 3.8) is 0 Å². The van der Waals surface area contributed by atoms with Crippen molar-refractivity contribution in [3.05, 3.63) is 17.2 Å². The third-order valence-electron chi connectivity index (χ3n) is 2.68. The minimum absolute atomic E-state index is 0.309. The molecule has 0 radical (unpaired) electrons. The van der Waals surface area contributed by atoms with E-state index in [4.69, 9.17) is 15.7 Å². The first kappa shape index (κ1) is 10.7. The maximum absolute atomic E-state index is 8.90. The number of morpholine rings is 1. The van der Waals surface area contributed by atoms with Gasteiger partial charge in [0, 0.05) is 13.1 Å². The van der Waals surface area contributed by atoms with E-state index in [1.807, 2.05) is 13.0 Å². The molecular weight excluding hydrogens is 204 g/mol. The van der Waals surface area contributed by atoms with Crippen molar-refractivity contribution in [2.75, 3.05) is 36.9 Å². The van der Waals surface area contributed by atoms with Crippen LogP contribution in [0, 0.1) is 18.3 Å². The van der Waals surface area contributed by atoms with Gasteiger partial charge in [-0.25, -0.2) is 4.98 Å². The lowest BCUT2D eigenvalue weighted by Gasteiger charge is -2.28. The maximum atomic E-state index is 8.90. The average molecular weight is 218 g/mol. The van der Waals surface area contributed by atoms with Gasteiger partial charge in [-0.1, -0.05) is 0 Å². The SMILES string of the molecule is Cc1cc(N2CCOCC2)nc(N)c1C#N. The Morgan fingerprint density at radius 1 is 1.50 bits per heavy atom. The normalized spacial score (nSPS) is 15.9. The Balaban J connectivity index is 2.32. The van der Waals surface area contributed by atoms with Gasteiger partial charge in [0.15, 0.2) is 0 Å². The molecule has 1 aromatic rings. The highest BCUT2D eigenvalue weighted by atomic mass is 16.5. The molecule has 0 saturated carbocycles. The van der Waals surface area contributed by atoms with Crippen LogP contribution in [0.3, 0.4) is 0 Å². The molecule has 2 N–H and O–H groups in total. The van der Waals surface area contributed by atoms with Crippen molar-refractivity contribution < 1.29 is 4.74 Å². The van der Waals surface area contributed by atoms with Crippen LogP contribution >= 0.6 is 0 Å². The monoisotopic (exact) mass is 218 g/mol. The topological polar surface area (TPSA) is 75.2 Å². The molecular formula is C11H14N4O. The summed E-state index contributed by atoms with van der Waals surface area (Å²) in [5.74, 6) is 1.14. The van der Waals surface area contributed by atoms with Crippen LogP contribution in [0.5, 0.6) is 0 Å². The lowest BCUT2D eigenvalue weighted by Crippen LogP contribution is -2.36. The molecule has 0 aliphatic carbocycles. The van der Waals surface area contributed by atoms with Gasteiger partial charge in [-0.3, -0.25) is 0 Å². The number of ether oxygens (including phenoxy) is 1. The molecule has 2 heterocycles. The fraction of sp³-hybridized carbons (Fsp3) is 0.455. The predicted molar refractivity (Wildman–Crippen MR) is 61.1 cm³/mol. The van der Waals surface area contributed by atoms with Crippen molar-refractivity contribution in [1.82, 2.24) is 4.98 Å². The molecule has 1 fully saturated rings. The Labute approximate surface area is 94.4 Å². The zero-order valence-electron chi connectivity index (χ0n) is 9.23. The second-order valence-corrected chi connectivity index (χ2v) is 3.77.